The van der Waals surface area contributed by atoms with Crippen LogP contribution in [0.15, 0.2) is 53.4 Å². The van der Waals surface area contributed by atoms with Crippen LogP contribution in [0.1, 0.15) is 56.6 Å². The molecule has 2 heterocycles. The molecule has 0 unspecified atom stereocenters. The van der Waals surface area contributed by atoms with Gasteiger partial charge in [0.05, 0.1) is 23.3 Å². The van der Waals surface area contributed by atoms with E-state index < -0.39 is 15.9 Å². The molecular formula is C32H39ClN2O5S. The first-order chi connectivity index (χ1) is 19.7. The second-order valence-corrected chi connectivity index (χ2v) is 14.6. The first-order valence-corrected chi connectivity index (χ1v) is 16.6. The van der Waals surface area contributed by atoms with E-state index in [9.17, 15) is 13.2 Å². The summed E-state index contributed by atoms with van der Waals surface area (Å²) >= 11 is 6.39. The van der Waals surface area contributed by atoms with Crippen LogP contribution < -0.4 is 14.4 Å². The van der Waals surface area contributed by atoms with Gasteiger partial charge in [-0.1, -0.05) is 36.7 Å². The molecule has 0 saturated heterocycles. The Bertz CT molecular complexity index is 1460. The average Bonchev–Trinajstić information content (AvgIpc) is 3.06. The van der Waals surface area contributed by atoms with Gasteiger partial charge in [-0.15, -0.1) is 0 Å². The molecule has 220 valence electrons. The van der Waals surface area contributed by atoms with Gasteiger partial charge in [-0.3, -0.25) is 4.79 Å². The molecule has 1 amide bonds. The zero-order valence-corrected chi connectivity index (χ0v) is 25.3. The predicted octanol–water partition coefficient (Wildman–Crippen LogP) is 5.65. The second-order valence-electron chi connectivity index (χ2n) is 12.4. The second kappa shape index (κ2) is 11.3. The number of hydrogen-bond donors (Lipinski definition) is 1. The molecule has 7 nitrogen and oxygen atoms in total. The molecular weight excluding hydrogens is 560 g/mol. The Morgan fingerprint density at radius 1 is 1.17 bits per heavy atom. The molecule has 41 heavy (non-hydrogen) atoms. The molecule has 0 radical (unpaired) electrons. The molecule has 1 spiro atoms. The highest BCUT2D eigenvalue weighted by atomic mass is 35.5. The number of nitrogens with zero attached hydrogens (tertiary/aromatic N) is 1. The van der Waals surface area contributed by atoms with Crippen molar-refractivity contribution in [2.75, 3.05) is 31.7 Å². The molecule has 6 rings (SSSR count). The Kier molecular flexibility index (Phi) is 7.85. The smallest absolute Gasteiger partial charge is 0.264 e. The van der Waals surface area contributed by atoms with E-state index in [1.807, 2.05) is 13.0 Å². The summed E-state index contributed by atoms with van der Waals surface area (Å²) in [5.74, 6) is 0.938. The fourth-order valence-corrected chi connectivity index (χ4v) is 8.50. The van der Waals surface area contributed by atoms with E-state index in [-0.39, 0.29) is 28.8 Å². The highest BCUT2D eigenvalue weighted by Gasteiger charge is 2.44. The van der Waals surface area contributed by atoms with Gasteiger partial charge in [0.25, 0.3) is 10.0 Å². The lowest BCUT2D eigenvalue weighted by molar-refractivity contribution is -0.120. The van der Waals surface area contributed by atoms with Crippen molar-refractivity contribution in [3.63, 3.8) is 0 Å². The molecule has 0 aromatic heterocycles. The van der Waals surface area contributed by atoms with Gasteiger partial charge in [-0.25, -0.2) is 13.1 Å². The van der Waals surface area contributed by atoms with Gasteiger partial charge in [-0.2, -0.15) is 0 Å². The number of methoxy groups -OCH3 is 1. The van der Waals surface area contributed by atoms with Crippen LogP contribution >= 0.6 is 11.6 Å². The van der Waals surface area contributed by atoms with E-state index in [1.165, 1.54) is 11.1 Å². The summed E-state index contributed by atoms with van der Waals surface area (Å²) in [5, 5.41) is 0.742. The number of carbonyl (C=O) groups excluding carboxylic acids is 1. The van der Waals surface area contributed by atoms with Gasteiger partial charge in [0.2, 0.25) is 5.91 Å². The number of nitrogens with one attached hydrogen (secondary N) is 1. The Morgan fingerprint density at radius 3 is 2.80 bits per heavy atom. The van der Waals surface area contributed by atoms with Crippen molar-refractivity contribution in [3.05, 3.63) is 64.7 Å². The van der Waals surface area contributed by atoms with Crippen molar-refractivity contribution in [2.45, 2.75) is 68.3 Å². The van der Waals surface area contributed by atoms with Crippen molar-refractivity contribution in [1.82, 2.24) is 4.72 Å². The van der Waals surface area contributed by atoms with Crippen LogP contribution in [0.4, 0.5) is 5.69 Å². The van der Waals surface area contributed by atoms with Gasteiger partial charge < -0.3 is 14.4 Å². The Labute approximate surface area is 248 Å². The molecule has 9 heteroatoms. The lowest BCUT2D eigenvalue weighted by Gasteiger charge is -2.46. The largest absolute Gasteiger partial charge is 0.490 e. The lowest BCUT2D eigenvalue weighted by atomic mass is 9.68. The minimum atomic E-state index is -4.04. The number of carbonyl (C=O) groups is 1. The van der Waals surface area contributed by atoms with Crippen molar-refractivity contribution >= 4 is 33.2 Å². The molecule has 2 aliphatic heterocycles. The van der Waals surface area contributed by atoms with Gasteiger partial charge in [0, 0.05) is 37.1 Å². The van der Waals surface area contributed by atoms with E-state index >= 15 is 0 Å². The van der Waals surface area contributed by atoms with Gasteiger partial charge in [0.1, 0.15) is 5.75 Å². The monoisotopic (exact) mass is 598 g/mol. The normalized spacial score (nSPS) is 32.0. The number of amides is 1. The zero-order chi connectivity index (χ0) is 28.8. The summed E-state index contributed by atoms with van der Waals surface area (Å²) < 4.78 is 41.5. The fourth-order valence-electron chi connectivity index (χ4n) is 7.29. The predicted molar refractivity (Wildman–Crippen MR) is 160 cm³/mol. The maximum absolute atomic E-state index is 13.4. The molecule has 5 atom stereocenters. The van der Waals surface area contributed by atoms with Gasteiger partial charge in [-0.05, 0) is 97.7 Å². The summed E-state index contributed by atoms with van der Waals surface area (Å²) in [7, 11) is -2.27. The van der Waals surface area contributed by atoms with Crippen LogP contribution in [-0.4, -0.2) is 47.2 Å². The van der Waals surface area contributed by atoms with Crippen molar-refractivity contribution in [3.8, 4) is 5.75 Å². The molecule has 2 aromatic rings. The minimum Gasteiger partial charge on any atom is -0.490 e. The lowest BCUT2D eigenvalue weighted by Crippen LogP contribution is -2.49. The first kappa shape index (κ1) is 28.6. The number of sulfonamides is 1. The van der Waals surface area contributed by atoms with Crippen LogP contribution in [0.5, 0.6) is 5.75 Å². The number of aryl methyl sites for hydroxylation is 1. The number of anilines is 1. The fraction of sp³-hybridized carbons (Fsp3) is 0.531. The number of rotatable bonds is 1. The Hall–Kier alpha value is -2.55. The van der Waals surface area contributed by atoms with Crippen molar-refractivity contribution < 1.29 is 22.7 Å². The molecule has 4 aliphatic rings. The van der Waals surface area contributed by atoms with E-state index in [0.717, 1.165) is 49.4 Å². The van der Waals surface area contributed by atoms with E-state index in [1.54, 1.807) is 25.3 Å². The van der Waals surface area contributed by atoms with Crippen LogP contribution in [0.25, 0.3) is 0 Å². The van der Waals surface area contributed by atoms with E-state index in [4.69, 9.17) is 21.1 Å². The summed E-state index contributed by atoms with van der Waals surface area (Å²) in [4.78, 5) is 15.1. The third-order valence-corrected chi connectivity index (χ3v) is 11.2. The Balaban J connectivity index is 1.43. The van der Waals surface area contributed by atoms with Crippen LogP contribution in [0.3, 0.4) is 0 Å². The van der Waals surface area contributed by atoms with E-state index in [0.29, 0.717) is 37.2 Å². The summed E-state index contributed by atoms with van der Waals surface area (Å²) in [5.41, 5.74) is 3.04. The summed E-state index contributed by atoms with van der Waals surface area (Å²) in [6, 6.07) is 11.2. The third kappa shape index (κ3) is 5.63. The molecule has 1 N–H and O–H groups in total. The van der Waals surface area contributed by atoms with Crippen molar-refractivity contribution in [1.29, 1.82) is 0 Å². The summed E-state index contributed by atoms with van der Waals surface area (Å²) in [6.45, 7) is 3.94. The number of fused-ring (bicyclic) bond motifs is 4. The molecule has 2 bridgehead atoms. The third-order valence-electron chi connectivity index (χ3n) is 9.59. The van der Waals surface area contributed by atoms with Gasteiger partial charge >= 0.3 is 0 Å². The summed E-state index contributed by atoms with van der Waals surface area (Å²) in [6.07, 6.45) is 10.2. The molecule has 2 aromatic carbocycles. The average molecular weight is 599 g/mol. The SMILES string of the molecule is CO[C@@H]1/C=C/C[C@H](C)CC(=O)NS(=O)(=O)c2ccc3c(c2)N(C[C@@H]2CC[C@H]21)C[C@@]1(CCCc2cc(Cl)ccc21)CO3. The first-order valence-electron chi connectivity index (χ1n) is 14.7. The van der Waals surface area contributed by atoms with Crippen LogP contribution in [0.2, 0.25) is 5.02 Å². The quantitative estimate of drug-likeness (QED) is 0.427. The van der Waals surface area contributed by atoms with Crippen LogP contribution in [-0.2, 0) is 31.4 Å². The number of benzene rings is 2. The zero-order valence-electron chi connectivity index (χ0n) is 23.8. The maximum Gasteiger partial charge on any atom is 0.264 e. The van der Waals surface area contributed by atoms with Crippen molar-refractivity contribution in [2.24, 2.45) is 17.8 Å². The number of halogens is 1. The number of allylic oxidation sites excluding steroid dienone is 1. The maximum atomic E-state index is 13.4. The highest BCUT2D eigenvalue weighted by Crippen LogP contribution is 2.47. The molecule has 1 saturated carbocycles. The number of hydrogen-bond acceptors (Lipinski definition) is 6. The van der Waals surface area contributed by atoms with Gasteiger partial charge in [0.15, 0.2) is 0 Å². The molecule has 2 aliphatic carbocycles. The topological polar surface area (TPSA) is 84.9 Å². The van der Waals surface area contributed by atoms with E-state index in [2.05, 4.69) is 33.9 Å². The standard InChI is InChI=1S/C32H39ClN2O5S/c1-21-5-3-7-29(39-2)26-11-8-23(26)18-35-19-32(14-4-6-22-16-24(33)9-12-27(22)32)20-40-30-13-10-25(17-28(30)35)41(37,38)34-31(36)15-21/h3,7,9-10,12-13,16-17,21,23,26,29H,4-6,8,11,14-15,18-20H2,1-2H3,(H,34,36)/b7-3+/t21-,23-,26+,29+,32-/m0/s1. The highest BCUT2D eigenvalue weighted by molar-refractivity contribution is 7.90. The minimum absolute atomic E-state index is 0.00333. The van der Waals surface area contributed by atoms with Crippen LogP contribution in [0, 0.1) is 17.8 Å². The Morgan fingerprint density at radius 2 is 2.02 bits per heavy atom. The molecule has 1 fully saturated rings. The number of ether oxygens (including phenoxy) is 2.